The number of benzene rings is 2. The highest BCUT2D eigenvalue weighted by Gasteiger charge is 2.34. The Labute approximate surface area is 147 Å². The van der Waals surface area contributed by atoms with Crippen molar-refractivity contribution in [3.05, 3.63) is 59.3 Å². The highest BCUT2D eigenvalue weighted by atomic mass is 19.4. The molecular formula is C18H16F3N3O2. The zero-order valence-electron chi connectivity index (χ0n) is 14.1. The van der Waals surface area contributed by atoms with Crippen LogP contribution in [0.2, 0.25) is 0 Å². The number of carbonyl (C=O) groups is 1. The maximum absolute atomic E-state index is 12.9. The molecule has 3 aromatic rings. The summed E-state index contributed by atoms with van der Waals surface area (Å²) < 4.78 is 43.6. The molecule has 0 fully saturated rings. The zero-order chi connectivity index (χ0) is 18.9. The second kappa shape index (κ2) is 6.70. The molecule has 2 aromatic carbocycles. The van der Waals surface area contributed by atoms with Crippen LogP contribution in [0.1, 0.15) is 21.5 Å². The second-order valence-corrected chi connectivity index (χ2v) is 5.87. The molecule has 3 rings (SSSR count). The molecule has 5 nitrogen and oxygen atoms in total. The Morgan fingerprint density at radius 1 is 1.23 bits per heavy atom. The Hall–Kier alpha value is -3.03. The average molecular weight is 363 g/mol. The van der Waals surface area contributed by atoms with Gasteiger partial charge in [0, 0.05) is 24.5 Å². The van der Waals surface area contributed by atoms with E-state index in [2.05, 4.69) is 10.2 Å². The molecule has 0 radical (unpaired) electrons. The number of rotatable bonds is 4. The molecule has 0 saturated carbocycles. The van der Waals surface area contributed by atoms with Crippen molar-refractivity contribution in [3.8, 4) is 5.75 Å². The fraction of sp³-hybridized carbons (Fsp3) is 0.222. The van der Waals surface area contributed by atoms with Crippen LogP contribution in [0.15, 0.2) is 42.6 Å². The fourth-order valence-electron chi connectivity index (χ4n) is 2.72. The lowest BCUT2D eigenvalue weighted by molar-refractivity contribution is -0.138. The van der Waals surface area contributed by atoms with Gasteiger partial charge in [0.1, 0.15) is 5.75 Å². The lowest BCUT2D eigenvalue weighted by atomic mass is 10.1. The van der Waals surface area contributed by atoms with Crippen molar-refractivity contribution < 1.29 is 22.7 Å². The smallest absolute Gasteiger partial charge is 0.419 e. The van der Waals surface area contributed by atoms with E-state index in [1.807, 2.05) is 18.2 Å². The molecule has 8 heteroatoms. The standard InChI is InChI=1S/C18H16F3N3O2/c1-24(10-11-3-6-15-13(7-11)9-22-23-15)17(25)12-4-5-14(18(19,20)21)16(8-12)26-2/h3-9H,10H2,1-2H3,(H,22,23). The number of ether oxygens (including phenoxy) is 1. The highest BCUT2D eigenvalue weighted by Crippen LogP contribution is 2.36. The van der Waals surface area contributed by atoms with Gasteiger partial charge in [-0.3, -0.25) is 9.89 Å². The molecule has 26 heavy (non-hydrogen) atoms. The molecule has 1 N–H and O–H groups in total. The number of aromatic amines is 1. The maximum atomic E-state index is 12.9. The zero-order valence-corrected chi connectivity index (χ0v) is 14.1. The third-order valence-corrected chi connectivity index (χ3v) is 4.02. The molecule has 0 bridgehead atoms. The van der Waals surface area contributed by atoms with E-state index < -0.39 is 17.6 Å². The first-order chi connectivity index (χ1) is 12.3. The SMILES string of the molecule is COc1cc(C(=O)N(C)Cc2ccc3[nH]ncc3c2)ccc1C(F)(F)F. The molecule has 0 atom stereocenters. The summed E-state index contributed by atoms with van der Waals surface area (Å²) in [6.45, 7) is 0.309. The van der Waals surface area contributed by atoms with Crippen molar-refractivity contribution in [1.82, 2.24) is 15.1 Å². The molecular weight excluding hydrogens is 347 g/mol. The summed E-state index contributed by atoms with van der Waals surface area (Å²) in [5.41, 5.74) is 0.982. The number of alkyl halides is 3. The van der Waals surface area contributed by atoms with Crippen LogP contribution in [0, 0.1) is 0 Å². The van der Waals surface area contributed by atoms with Crippen molar-refractivity contribution in [2.75, 3.05) is 14.2 Å². The van der Waals surface area contributed by atoms with Crippen LogP contribution in [0.3, 0.4) is 0 Å². The van der Waals surface area contributed by atoms with Crippen LogP contribution in [0.5, 0.6) is 5.75 Å². The van der Waals surface area contributed by atoms with Crippen molar-refractivity contribution in [1.29, 1.82) is 0 Å². The van der Waals surface area contributed by atoms with Crippen LogP contribution < -0.4 is 4.74 Å². The first-order valence-electron chi connectivity index (χ1n) is 7.72. The monoisotopic (exact) mass is 363 g/mol. The number of fused-ring (bicyclic) bond motifs is 1. The second-order valence-electron chi connectivity index (χ2n) is 5.87. The molecule has 0 aliphatic rings. The Morgan fingerprint density at radius 2 is 2.00 bits per heavy atom. The third kappa shape index (κ3) is 3.49. The van der Waals surface area contributed by atoms with Gasteiger partial charge in [-0.15, -0.1) is 0 Å². The van der Waals surface area contributed by atoms with E-state index in [1.54, 1.807) is 13.2 Å². The van der Waals surface area contributed by atoms with E-state index in [0.717, 1.165) is 41.8 Å². The fourth-order valence-corrected chi connectivity index (χ4v) is 2.72. The Bertz CT molecular complexity index is 950. The van der Waals surface area contributed by atoms with Gasteiger partial charge in [-0.2, -0.15) is 18.3 Å². The van der Waals surface area contributed by atoms with E-state index in [0.29, 0.717) is 6.54 Å². The van der Waals surface area contributed by atoms with Crippen molar-refractivity contribution >= 4 is 16.8 Å². The molecule has 1 aromatic heterocycles. The number of nitrogens with one attached hydrogen (secondary N) is 1. The number of aromatic nitrogens is 2. The van der Waals surface area contributed by atoms with Gasteiger partial charge in [0.05, 0.1) is 24.4 Å². The Balaban J connectivity index is 1.81. The number of hydrogen-bond acceptors (Lipinski definition) is 3. The summed E-state index contributed by atoms with van der Waals surface area (Å²) in [7, 11) is 2.73. The maximum Gasteiger partial charge on any atom is 0.419 e. The lowest BCUT2D eigenvalue weighted by Crippen LogP contribution is -2.26. The molecule has 0 unspecified atom stereocenters. The van der Waals surface area contributed by atoms with Crippen LogP contribution in [0.4, 0.5) is 13.2 Å². The quantitative estimate of drug-likeness (QED) is 0.766. The predicted molar refractivity (Wildman–Crippen MR) is 89.9 cm³/mol. The number of halogens is 3. The van der Waals surface area contributed by atoms with E-state index >= 15 is 0 Å². The summed E-state index contributed by atoms with van der Waals surface area (Å²) in [6, 6.07) is 8.74. The van der Waals surface area contributed by atoms with E-state index in [9.17, 15) is 18.0 Å². The number of carbonyl (C=O) groups excluding carboxylic acids is 1. The summed E-state index contributed by atoms with van der Waals surface area (Å²) >= 11 is 0. The predicted octanol–water partition coefficient (Wildman–Crippen LogP) is 3.86. The van der Waals surface area contributed by atoms with E-state index in [1.165, 1.54) is 4.90 Å². The first-order valence-corrected chi connectivity index (χ1v) is 7.72. The molecule has 1 heterocycles. The highest BCUT2D eigenvalue weighted by molar-refractivity contribution is 5.94. The number of hydrogen-bond donors (Lipinski definition) is 1. The third-order valence-electron chi connectivity index (χ3n) is 4.02. The topological polar surface area (TPSA) is 58.2 Å². The number of amides is 1. The normalized spacial score (nSPS) is 11.6. The summed E-state index contributed by atoms with van der Waals surface area (Å²) in [6.07, 6.45) is -2.86. The summed E-state index contributed by atoms with van der Waals surface area (Å²) in [5.74, 6) is -0.777. The average Bonchev–Trinajstić information content (AvgIpc) is 3.07. The van der Waals surface area contributed by atoms with Gasteiger partial charge in [-0.05, 0) is 35.9 Å². The Morgan fingerprint density at radius 3 is 2.69 bits per heavy atom. The minimum absolute atomic E-state index is 0.127. The van der Waals surface area contributed by atoms with Gasteiger partial charge in [-0.1, -0.05) is 6.07 Å². The Kier molecular flexibility index (Phi) is 4.58. The summed E-state index contributed by atoms with van der Waals surface area (Å²) in [4.78, 5) is 14.0. The molecule has 1 amide bonds. The van der Waals surface area contributed by atoms with Gasteiger partial charge < -0.3 is 9.64 Å². The van der Waals surface area contributed by atoms with Gasteiger partial charge in [-0.25, -0.2) is 0 Å². The molecule has 136 valence electrons. The van der Waals surface area contributed by atoms with Gasteiger partial charge in [0.15, 0.2) is 0 Å². The van der Waals surface area contributed by atoms with Gasteiger partial charge in [0.2, 0.25) is 0 Å². The first kappa shape index (κ1) is 17.8. The van der Waals surface area contributed by atoms with Crippen molar-refractivity contribution in [2.24, 2.45) is 0 Å². The van der Waals surface area contributed by atoms with Gasteiger partial charge >= 0.3 is 6.18 Å². The van der Waals surface area contributed by atoms with Crippen LogP contribution >= 0.6 is 0 Å². The van der Waals surface area contributed by atoms with Crippen molar-refractivity contribution in [2.45, 2.75) is 12.7 Å². The minimum Gasteiger partial charge on any atom is -0.496 e. The van der Waals surface area contributed by atoms with Crippen LogP contribution in [-0.2, 0) is 12.7 Å². The van der Waals surface area contributed by atoms with Crippen LogP contribution in [-0.4, -0.2) is 35.2 Å². The lowest BCUT2D eigenvalue weighted by Gasteiger charge is -2.19. The molecule has 0 aliphatic carbocycles. The summed E-state index contributed by atoms with van der Waals surface area (Å²) in [5, 5.41) is 7.70. The molecule has 0 aliphatic heterocycles. The number of methoxy groups -OCH3 is 1. The van der Waals surface area contributed by atoms with Gasteiger partial charge in [0.25, 0.3) is 5.91 Å². The van der Waals surface area contributed by atoms with E-state index in [-0.39, 0.29) is 11.3 Å². The van der Waals surface area contributed by atoms with Crippen molar-refractivity contribution in [3.63, 3.8) is 0 Å². The largest absolute Gasteiger partial charge is 0.496 e. The minimum atomic E-state index is -4.54. The van der Waals surface area contributed by atoms with Crippen LogP contribution in [0.25, 0.3) is 10.9 Å². The molecule has 0 spiro atoms. The molecule has 0 saturated heterocycles. The van der Waals surface area contributed by atoms with E-state index in [4.69, 9.17) is 4.74 Å². The number of nitrogens with zero attached hydrogens (tertiary/aromatic N) is 2. The number of H-pyrrole nitrogens is 1.